The zero-order valence-electron chi connectivity index (χ0n) is 12.3. The highest BCUT2D eigenvalue weighted by Gasteiger charge is 2.23. The van der Waals surface area contributed by atoms with Crippen molar-refractivity contribution in [3.05, 3.63) is 29.8 Å². The second kappa shape index (κ2) is 8.25. The Morgan fingerprint density at radius 3 is 3.00 bits per heavy atom. The third kappa shape index (κ3) is 3.95. The second-order valence-electron chi connectivity index (χ2n) is 5.18. The third-order valence-corrected chi connectivity index (χ3v) is 3.72. The van der Waals surface area contributed by atoms with Crippen molar-refractivity contribution in [2.45, 2.75) is 25.8 Å². The van der Waals surface area contributed by atoms with Crippen molar-refractivity contribution >= 4 is 5.69 Å². The van der Waals surface area contributed by atoms with Gasteiger partial charge in [0.1, 0.15) is 0 Å². The topological polar surface area (TPSA) is 44.7 Å². The van der Waals surface area contributed by atoms with E-state index in [2.05, 4.69) is 41.4 Å². The van der Waals surface area contributed by atoms with Crippen LogP contribution in [0.15, 0.2) is 24.3 Å². The average molecular weight is 278 g/mol. The van der Waals surface area contributed by atoms with Crippen LogP contribution in [0.4, 0.5) is 5.69 Å². The zero-order chi connectivity index (χ0) is 14.2. The lowest BCUT2D eigenvalue weighted by atomic mass is 9.96. The van der Waals surface area contributed by atoms with Crippen LogP contribution in [0, 0.1) is 0 Å². The minimum atomic E-state index is 0.0968. The maximum atomic E-state index is 8.73. The molecule has 1 aromatic rings. The van der Waals surface area contributed by atoms with Crippen LogP contribution in [0.3, 0.4) is 0 Å². The van der Waals surface area contributed by atoms with E-state index in [0.717, 1.165) is 32.5 Å². The molecular weight excluding hydrogens is 252 g/mol. The van der Waals surface area contributed by atoms with Crippen molar-refractivity contribution in [1.29, 1.82) is 0 Å². The minimum absolute atomic E-state index is 0.0968. The number of nitrogens with one attached hydrogen (secondary N) is 1. The fourth-order valence-corrected chi connectivity index (χ4v) is 2.74. The number of hydrogen-bond donors (Lipinski definition) is 2. The van der Waals surface area contributed by atoms with Gasteiger partial charge in [-0.1, -0.05) is 25.1 Å². The van der Waals surface area contributed by atoms with E-state index in [1.165, 1.54) is 11.3 Å². The molecule has 0 bridgehead atoms. The van der Waals surface area contributed by atoms with E-state index in [9.17, 15) is 0 Å². The highest BCUT2D eigenvalue weighted by molar-refractivity contribution is 5.57. The van der Waals surface area contributed by atoms with Crippen LogP contribution >= 0.6 is 0 Å². The van der Waals surface area contributed by atoms with Gasteiger partial charge in [0.05, 0.1) is 19.8 Å². The normalized spacial score (nSPS) is 18.1. The number of aliphatic hydroxyl groups is 1. The average Bonchev–Trinajstić information content (AvgIpc) is 2.50. The summed E-state index contributed by atoms with van der Waals surface area (Å²) in [5.41, 5.74) is 2.72. The molecule has 4 heteroatoms. The Balaban J connectivity index is 1.99. The molecule has 2 rings (SSSR count). The van der Waals surface area contributed by atoms with Gasteiger partial charge in [0.15, 0.2) is 0 Å². The molecule has 0 saturated carbocycles. The Morgan fingerprint density at radius 2 is 2.20 bits per heavy atom. The molecule has 0 spiro atoms. The third-order valence-electron chi connectivity index (χ3n) is 3.72. The number of nitrogens with zero attached hydrogens (tertiary/aromatic N) is 1. The van der Waals surface area contributed by atoms with Crippen molar-refractivity contribution in [1.82, 2.24) is 5.32 Å². The van der Waals surface area contributed by atoms with Gasteiger partial charge < -0.3 is 20.1 Å². The maximum absolute atomic E-state index is 8.73. The molecule has 0 aliphatic carbocycles. The number of hydrogen-bond acceptors (Lipinski definition) is 4. The summed E-state index contributed by atoms with van der Waals surface area (Å²) in [4.78, 5) is 2.39. The smallest absolute Gasteiger partial charge is 0.0698 e. The maximum Gasteiger partial charge on any atom is 0.0698 e. The van der Waals surface area contributed by atoms with E-state index in [4.69, 9.17) is 9.84 Å². The van der Waals surface area contributed by atoms with Gasteiger partial charge in [0.2, 0.25) is 0 Å². The van der Waals surface area contributed by atoms with E-state index in [1.807, 2.05) is 0 Å². The quantitative estimate of drug-likeness (QED) is 0.713. The van der Waals surface area contributed by atoms with E-state index in [-0.39, 0.29) is 6.61 Å². The Hall–Kier alpha value is -1.10. The van der Waals surface area contributed by atoms with E-state index >= 15 is 0 Å². The van der Waals surface area contributed by atoms with Crippen LogP contribution in [-0.4, -0.2) is 44.6 Å². The summed E-state index contributed by atoms with van der Waals surface area (Å²) >= 11 is 0. The molecule has 2 N–H and O–H groups in total. The molecule has 1 aromatic carbocycles. The van der Waals surface area contributed by atoms with Gasteiger partial charge in [-0.2, -0.15) is 0 Å². The number of anilines is 1. The summed E-state index contributed by atoms with van der Waals surface area (Å²) in [6.45, 7) is 6.40. The van der Waals surface area contributed by atoms with Crippen LogP contribution in [-0.2, 0) is 4.74 Å². The molecular formula is C16H26N2O2. The summed E-state index contributed by atoms with van der Waals surface area (Å²) < 4.78 is 5.39. The van der Waals surface area contributed by atoms with Crippen molar-refractivity contribution in [3.63, 3.8) is 0 Å². The van der Waals surface area contributed by atoms with Gasteiger partial charge in [-0.15, -0.1) is 0 Å². The molecule has 1 unspecified atom stereocenters. The van der Waals surface area contributed by atoms with Crippen molar-refractivity contribution < 1.29 is 9.84 Å². The van der Waals surface area contributed by atoms with E-state index in [0.29, 0.717) is 19.3 Å². The molecule has 0 amide bonds. The van der Waals surface area contributed by atoms with Crippen LogP contribution < -0.4 is 10.2 Å². The van der Waals surface area contributed by atoms with Gasteiger partial charge in [-0.25, -0.2) is 0 Å². The summed E-state index contributed by atoms with van der Waals surface area (Å²) in [5.74, 6) is 0. The molecule has 1 aliphatic rings. The summed E-state index contributed by atoms with van der Waals surface area (Å²) in [7, 11) is 0. The number of rotatable bonds is 8. The van der Waals surface area contributed by atoms with Crippen LogP contribution in [0.2, 0.25) is 0 Å². The number of ether oxygens (including phenoxy) is 1. The first-order chi connectivity index (χ1) is 9.86. The second-order valence-corrected chi connectivity index (χ2v) is 5.18. The molecule has 0 fully saturated rings. The molecule has 1 heterocycles. The number of aliphatic hydroxyl groups excluding tert-OH is 1. The molecule has 0 radical (unpaired) electrons. The highest BCUT2D eigenvalue weighted by Crippen LogP contribution is 2.33. The van der Waals surface area contributed by atoms with E-state index < -0.39 is 0 Å². The fraction of sp³-hybridized carbons (Fsp3) is 0.625. The molecule has 20 heavy (non-hydrogen) atoms. The van der Waals surface area contributed by atoms with Crippen molar-refractivity contribution in [2.24, 2.45) is 0 Å². The Labute approximate surface area is 121 Å². The molecule has 112 valence electrons. The molecule has 1 aliphatic heterocycles. The fourth-order valence-electron chi connectivity index (χ4n) is 2.74. The lowest BCUT2D eigenvalue weighted by molar-refractivity contribution is 0.0964. The standard InChI is InChI=1S/C16H26N2O2/c1-2-8-17-15-7-9-18(10-12-20-13-11-19)16-6-4-3-5-14(15)16/h3-6,15,17,19H,2,7-13H2,1H3. The minimum Gasteiger partial charge on any atom is -0.394 e. The Kier molecular flexibility index (Phi) is 6.30. The van der Waals surface area contributed by atoms with E-state index in [1.54, 1.807) is 0 Å². The lowest BCUT2D eigenvalue weighted by Crippen LogP contribution is -2.38. The first-order valence-electron chi connectivity index (χ1n) is 7.62. The Bertz CT molecular complexity index is 398. The van der Waals surface area contributed by atoms with Gasteiger partial charge in [-0.05, 0) is 31.0 Å². The SMILES string of the molecule is CCCNC1CCN(CCOCCO)c2ccccc21. The number of fused-ring (bicyclic) bond motifs is 1. The monoisotopic (exact) mass is 278 g/mol. The largest absolute Gasteiger partial charge is 0.394 e. The molecule has 4 nitrogen and oxygen atoms in total. The highest BCUT2D eigenvalue weighted by atomic mass is 16.5. The predicted molar refractivity (Wildman–Crippen MR) is 82.2 cm³/mol. The van der Waals surface area contributed by atoms with Crippen LogP contribution in [0.5, 0.6) is 0 Å². The summed E-state index contributed by atoms with van der Waals surface area (Å²) in [5, 5.41) is 12.4. The van der Waals surface area contributed by atoms with Gasteiger partial charge in [0, 0.05) is 24.8 Å². The summed E-state index contributed by atoms with van der Waals surface area (Å²) in [6, 6.07) is 9.11. The lowest BCUT2D eigenvalue weighted by Gasteiger charge is -2.36. The van der Waals surface area contributed by atoms with Crippen molar-refractivity contribution in [3.8, 4) is 0 Å². The molecule has 0 aromatic heterocycles. The predicted octanol–water partition coefficient (Wildman–Crippen LogP) is 1.95. The summed E-state index contributed by atoms with van der Waals surface area (Å²) in [6.07, 6.45) is 2.30. The first-order valence-corrected chi connectivity index (χ1v) is 7.62. The Morgan fingerprint density at radius 1 is 1.35 bits per heavy atom. The van der Waals surface area contributed by atoms with Gasteiger partial charge >= 0.3 is 0 Å². The van der Waals surface area contributed by atoms with Crippen LogP contribution in [0.1, 0.15) is 31.4 Å². The van der Waals surface area contributed by atoms with Crippen molar-refractivity contribution in [2.75, 3.05) is 44.4 Å². The molecule has 0 saturated heterocycles. The van der Waals surface area contributed by atoms with Crippen LogP contribution in [0.25, 0.3) is 0 Å². The van der Waals surface area contributed by atoms with Gasteiger partial charge in [-0.3, -0.25) is 0 Å². The number of benzene rings is 1. The van der Waals surface area contributed by atoms with Gasteiger partial charge in [0.25, 0.3) is 0 Å². The molecule has 1 atom stereocenters. The zero-order valence-corrected chi connectivity index (χ0v) is 12.3. The number of para-hydroxylation sites is 1. The first kappa shape index (κ1) is 15.3.